The first kappa shape index (κ1) is 14.1. The van der Waals surface area contributed by atoms with Gasteiger partial charge in [-0.3, -0.25) is 9.59 Å². The second-order valence-corrected chi connectivity index (χ2v) is 4.99. The molecule has 2 heterocycles. The molecule has 0 saturated carbocycles. The van der Waals surface area contributed by atoms with Crippen LogP contribution in [0.15, 0.2) is 54.9 Å². The number of fused-ring (bicyclic) bond motifs is 1. The Hall–Kier alpha value is -2.82. The molecule has 0 unspecified atom stereocenters. The lowest BCUT2D eigenvalue weighted by Crippen LogP contribution is -2.15. The summed E-state index contributed by atoms with van der Waals surface area (Å²) in [5, 5.41) is 1.14. The van der Waals surface area contributed by atoms with Crippen LogP contribution < -0.4 is 0 Å². The van der Waals surface area contributed by atoms with Crippen molar-refractivity contribution in [3.8, 4) is 0 Å². The predicted molar refractivity (Wildman–Crippen MR) is 82.6 cm³/mol. The van der Waals surface area contributed by atoms with Crippen LogP contribution in [0, 0.1) is 0 Å². The second kappa shape index (κ2) is 6.30. The van der Waals surface area contributed by atoms with Gasteiger partial charge in [0.25, 0.3) is 0 Å². The molecule has 0 saturated heterocycles. The molecule has 2 aromatic heterocycles. The maximum Gasteiger partial charge on any atom is 0.308 e. The molecule has 0 aliphatic rings. The number of para-hydroxylation sites is 1. The Kier molecular flexibility index (Phi) is 4.05. The number of aromatic nitrogens is 2. The van der Waals surface area contributed by atoms with Gasteiger partial charge in [0.2, 0.25) is 5.78 Å². The van der Waals surface area contributed by atoms with E-state index in [9.17, 15) is 9.59 Å². The molecule has 0 amide bonds. The standard InChI is InChI=1S/C17H16N2O3/c20-16(14-5-3-9-18-14)12-22-17(21)8-11-19-10-7-13-4-1-2-6-15(13)19/h1-7,9-10,18H,8,11-12H2. The Bertz CT molecular complexity index is 787. The van der Waals surface area contributed by atoms with Gasteiger partial charge >= 0.3 is 5.97 Å². The quantitative estimate of drug-likeness (QED) is 0.562. The number of nitrogens with zero attached hydrogens (tertiary/aromatic N) is 1. The Morgan fingerprint density at radius 3 is 2.77 bits per heavy atom. The number of aryl methyl sites for hydroxylation is 1. The van der Waals surface area contributed by atoms with Crippen molar-refractivity contribution in [2.75, 3.05) is 6.61 Å². The molecule has 0 radical (unpaired) electrons. The summed E-state index contributed by atoms with van der Waals surface area (Å²) in [5.41, 5.74) is 1.53. The summed E-state index contributed by atoms with van der Waals surface area (Å²) in [6.07, 6.45) is 3.84. The number of ketones is 1. The molecule has 0 bridgehead atoms. The molecular formula is C17H16N2O3. The van der Waals surface area contributed by atoms with E-state index < -0.39 is 0 Å². The van der Waals surface area contributed by atoms with Gasteiger partial charge in [-0.15, -0.1) is 0 Å². The van der Waals surface area contributed by atoms with Crippen LogP contribution in [-0.2, 0) is 16.1 Å². The Morgan fingerprint density at radius 2 is 1.95 bits per heavy atom. The van der Waals surface area contributed by atoms with Crippen LogP contribution in [0.3, 0.4) is 0 Å². The van der Waals surface area contributed by atoms with E-state index in [0.717, 1.165) is 10.9 Å². The van der Waals surface area contributed by atoms with Crippen molar-refractivity contribution < 1.29 is 14.3 Å². The van der Waals surface area contributed by atoms with Crippen LogP contribution in [0.25, 0.3) is 10.9 Å². The highest BCUT2D eigenvalue weighted by Gasteiger charge is 2.11. The van der Waals surface area contributed by atoms with Gasteiger partial charge in [-0.05, 0) is 29.7 Å². The highest BCUT2D eigenvalue weighted by Crippen LogP contribution is 2.15. The third-order valence-electron chi connectivity index (χ3n) is 3.50. The maximum atomic E-state index is 11.8. The van der Waals surface area contributed by atoms with E-state index >= 15 is 0 Å². The number of benzene rings is 1. The van der Waals surface area contributed by atoms with Gasteiger partial charge in [-0.25, -0.2) is 0 Å². The summed E-state index contributed by atoms with van der Waals surface area (Å²) in [4.78, 5) is 26.2. The number of carbonyl (C=O) groups excluding carboxylic acids is 2. The number of H-pyrrole nitrogens is 1. The fraction of sp³-hybridized carbons (Fsp3) is 0.176. The lowest BCUT2D eigenvalue weighted by atomic mass is 10.2. The van der Waals surface area contributed by atoms with Crippen molar-refractivity contribution in [3.05, 3.63) is 60.6 Å². The smallest absolute Gasteiger partial charge is 0.308 e. The molecule has 5 heteroatoms. The van der Waals surface area contributed by atoms with Crippen LogP contribution in [0.1, 0.15) is 16.9 Å². The largest absolute Gasteiger partial charge is 0.457 e. The lowest BCUT2D eigenvalue weighted by Gasteiger charge is -2.06. The average Bonchev–Trinajstić information content (AvgIpc) is 3.20. The zero-order valence-corrected chi connectivity index (χ0v) is 12.0. The molecule has 1 N–H and O–H groups in total. The molecule has 0 aliphatic carbocycles. The summed E-state index contributed by atoms with van der Waals surface area (Å²) < 4.78 is 7.02. The topological polar surface area (TPSA) is 64.1 Å². The molecule has 0 aliphatic heterocycles. The van der Waals surface area contributed by atoms with Gasteiger partial charge in [0, 0.05) is 24.5 Å². The number of carbonyl (C=O) groups is 2. The monoisotopic (exact) mass is 296 g/mol. The van der Waals surface area contributed by atoms with Crippen LogP contribution in [-0.4, -0.2) is 27.9 Å². The van der Waals surface area contributed by atoms with E-state index in [4.69, 9.17) is 4.74 Å². The van der Waals surface area contributed by atoms with Gasteiger partial charge in [0.15, 0.2) is 6.61 Å². The fourth-order valence-corrected chi connectivity index (χ4v) is 2.35. The van der Waals surface area contributed by atoms with E-state index in [1.54, 1.807) is 18.3 Å². The molecular weight excluding hydrogens is 280 g/mol. The normalized spacial score (nSPS) is 10.7. The lowest BCUT2D eigenvalue weighted by molar-refractivity contribution is -0.142. The Labute approximate surface area is 127 Å². The minimum atomic E-state index is -0.377. The van der Waals surface area contributed by atoms with Crippen molar-refractivity contribution in [2.24, 2.45) is 0 Å². The molecule has 5 nitrogen and oxygen atoms in total. The summed E-state index contributed by atoms with van der Waals surface area (Å²) >= 11 is 0. The predicted octanol–water partition coefficient (Wildman–Crippen LogP) is 2.79. The van der Waals surface area contributed by atoms with Gasteiger partial charge in [-0.1, -0.05) is 18.2 Å². The van der Waals surface area contributed by atoms with Crippen LogP contribution in [0.2, 0.25) is 0 Å². The summed E-state index contributed by atoms with van der Waals surface area (Å²) in [6.45, 7) is 0.300. The van der Waals surface area contributed by atoms with Crippen LogP contribution >= 0.6 is 0 Å². The number of aromatic amines is 1. The molecule has 1 aromatic carbocycles. The second-order valence-electron chi connectivity index (χ2n) is 4.99. The molecule has 3 rings (SSSR count). The minimum Gasteiger partial charge on any atom is -0.457 e. The average molecular weight is 296 g/mol. The van der Waals surface area contributed by atoms with Gasteiger partial charge < -0.3 is 14.3 Å². The molecule has 0 fully saturated rings. The molecule has 112 valence electrons. The van der Waals surface area contributed by atoms with E-state index in [0.29, 0.717) is 12.2 Å². The van der Waals surface area contributed by atoms with E-state index in [-0.39, 0.29) is 24.8 Å². The first-order valence-corrected chi connectivity index (χ1v) is 7.10. The highest BCUT2D eigenvalue weighted by atomic mass is 16.5. The number of rotatable bonds is 6. The third kappa shape index (κ3) is 3.09. The van der Waals surface area contributed by atoms with E-state index in [2.05, 4.69) is 4.98 Å². The number of hydrogen-bond donors (Lipinski definition) is 1. The molecule has 22 heavy (non-hydrogen) atoms. The van der Waals surface area contributed by atoms with Gasteiger partial charge in [0.1, 0.15) is 0 Å². The molecule has 3 aromatic rings. The van der Waals surface area contributed by atoms with Crippen molar-refractivity contribution in [2.45, 2.75) is 13.0 Å². The first-order valence-electron chi connectivity index (χ1n) is 7.10. The third-order valence-corrected chi connectivity index (χ3v) is 3.50. The molecule has 0 spiro atoms. The number of hydrogen-bond acceptors (Lipinski definition) is 3. The van der Waals surface area contributed by atoms with E-state index in [1.807, 2.05) is 41.1 Å². The van der Waals surface area contributed by atoms with Crippen molar-refractivity contribution in [1.82, 2.24) is 9.55 Å². The van der Waals surface area contributed by atoms with Crippen molar-refractivity contribution in [1.29, 1.82) is 0 Å². The first-order chi connectivity index (χ1) is 10.7. The summed E-state index contributed by atoms with van der Waals surface area (Å²) in [5.74, 6) is -0.609. The number of nitrogens with one attached hydrogen (secondary N) is 1. The maximum absolute atomic E-state index is 11.8. The summed E-state index contributed by atoms with van der Waals surface area (Å²) in [7, 11) is 0. The number of Topliss-reactive ketones (excluding diaryl/α,β-unsaturated/α-hetero) is 1. The van der Waals surface area contributed by atoms with Crippen LogP contribution in [0.5, 0.6) is 0 Å². The fourth-order valence-electron chi connectivity index (χ4n) is 2.35. The minimum absolute atomic E-state index is 0.230. The molecule has 0 atom stereocenters. The van der Waals surface area contributed by atoms with Crippen molar-refractivity contribution >= 4 is 22.7 Å². The van der Waals surface area contributed by atoms with E-state index in [1.165, 1.54) is 0 Å². The van der Waals surface area contributed by atoms with Crippen molar-refractivity contribution in [3.63, 3.8) is 0 Å². The zero-order valence-electron chi connectivity index (χ0n) is 12.0. The summed E-state index contributed by atoms with van der Waals surface area (Å²) in [6, 6.07) is 13.4. The Morgan fingerprint density at radius 1 is 1.09 bits per heavy atom. The van der Waals surface area contributed by atoms with Gasteiger partial charge in [0.05, 0.1) is 12.1 Å². The number of esters is 1. The zero-order chi connectivity index (χ0) is 15.4. The van der Waals surface area contributed by atoms with Crippen LogP contribution in [0.4, 0.5) is 0 Å². The highest BCUT2D eigenvalue weighted by molar-refractivity contribution is 5.96. The van der Waals surface area contributed by atoms with Gasteiger partial charge in [-0.2, -0.15) is 0 Å². The Balaban J connectivity index is 1.51. The SMILES string of the molecule is O=C(CCn1ccc2ccccc21)OCC(=O)c1ccc[nH]1. The number of ether oxygens (including phenoxy) is 1.